The second-order valence-corrected chi connectivity index (χ2v) is 4.65. The molecule has 1 aliphatic carbocycles. The summed E-state index contributed by atoms with van der Waals surface area (Å²) in [4.78, 5) is 11.3. The van der Waals surface area contributed by atoms with E-state index in [9.17, 15) is 4.79 Å². The number of nitrogen functional groups attached to an aromatic ring is 1. The van der Waals surface area contributed by atoms with Crippen molar-refractivity contribution in [1.82, 2.24) is 0 Å². The van der Waals surface area contributed by atoms with Gasteiger partial charge in [0.1, 0.15) is 0 Å². The van der Waals surface area contributed by atoms with Crippen LogP contribution in [0.5, 0.6) is 0 Å². The molecule has 0 spiro atoms. The zero-order chi connectivity index (χ0) is 12.3. The average molecular weight is 233 g/mol. The van der Waals surface area contributed by atoms with Crippen molar-refractivity contribution in [1.29, 1.82) is 0 Å². The summed E-state index contributed by atoms with van der Waals surface area (Å²) in [6.45, 7) is 0. The first kappa shape index (κ1) is 11.8. The van der Waals surface area contributed by atoms with E-state index in [0.717, 1.165) is 18.5 Å². The third-order valence-corrected chi connectivity index (χ3v) is 3.27. The lowest BCUT2D eigenvalue weighted by Crippen LogP contribution is -2.24. The molecule has 17 heavy (non-hydrogen) atoms. The number of nitrogens with one attached hydrogen (secondary N) is 1. The molecule has 0 radical (unpaired) electrons. The van der Waals surface area contributed by atoms with Crippen LogP contribution in [0.2, 0.25) is 0 Å². The maximum Gasteiger partial charge on any atom is 0.250 e. The fraction of sp³-hybridized carbons (Fsp3) is 0.462. The van der Waals surface area contributed by atoms with Crippen LogP contribution in [0.3, 0.4) is 0 Å². The second kappa shape index (κ2) is 5.08. The number of carbonyl (C=O) groups excluding carboxylic acids is 1. The van der Waals surface area contributed by atoms with Crippen LogP contribution in [-0.4, -0.2) is 11.9 Å². The van der Waals surface area contributed by atoms with Crippen molar-refractivity contribution in [3.8, 4) is 0 Å². The molecule has 1 amide bonds. The monoisotopic (exact) mass is 233 g/mol. The van der Waals surface area contributed by atoms with Crippen molar-refractivity contribution in [2.45, 2.75) is 38.1 Å². The highest BCUT2D eigenvalue weighted by Gasteiger charge is 2.16. The third kappa shape index (κ3) is 2.90. The van der Waals surface area contributed by atoms with Crippen molar-refractivity contribution >= 4 is 17.3 Å². The zero-order valence-corrected chi connectivity index (χ0v) is 9.91. The molecular formula is C13H19N3O. The molecule has 1 aromatic carbocycles. The Morgan fingerprint density at radius 3 is 2.59 bits per heavy atom. The molecule has 2 rings (SSSR count). The molecule has 0 saturated heterocycles. The fourth-order valence-corrected chi connectivity index (χ4v) is 2.36. The Bertz CT molecular complexity index is 411. The van der Waals surface area contributed by atoms with Gasteiger partial charge in [-0.3, -0.25) is 4.79 Å². The first-order valence-electron chi connectivity index (χ1n) is 6.12. The van der Waals surface area contributed by atoms with E-state index in [2.05, 4.69) is 5.32 Å². The molecular weight excluding hydrogens is 214 g/mol. The highest BCUT2D eigenvalue weighted by Crippen LogP contribution is 2.25. The van der Waals surface area contributed by atoms with Gasteiger partial charge in [-0.15, -0.1) is 0 Å². The van der Waals surface area contributed by atoms with Crippen LogP contribution in [-0.2, 0) is 0 Å². The highest BCUT2D eigenvalue weighted by molar-refractivity contribution is 5.99. The van der Waals surface area contributed by atoms with E-state index in [1.165, 1.54) is 19.3 Å². The van der Waals surface area contributed by atoms with Crippen LogP contribution >= 0.6 is 0 Å². The Balaban J connectivity index is 2.17. The normalized spacial score (nSPS) is 16.7. The van der Waals surface area contributed by atoms with Crippen molar-refractivity contribution in [3.05, 3.63) is 23.8 Å². The van der Waals surface area contributed by atoms with Crippen LogP contribution in [0.1, 0.15) is 42.5 Å². The number of carbonyl (C=O) groups is 1. The molecule has 0 heterocycles. The lowest BCUT2D eigenvalue weighted by Gasteiger charge is -2.24. The van der Waals surface area contributed by atoms with E-state index < -0.39 is 5.91 Å². The summed E-state index contributed by atoms with van der Waals surface area (Å²) in [5.41, 5.74) is 13.0. The van der Waals surface area contributed by atoms with Gasteiger partial charge in [0.15, 0.2) is 0 Å². The molecule has 5 N–H and O–H groups in total. The molecule has 0 aliphatic heterocycles. The van der Waals surface area contributed by atoms with Gasteiger partial charge in [0.2, 0.25) is 0 Å². The molecule has 1 aliphatic rings. The van der Waals surface area contributed by atoms with Gasteiger partial charge in [-0.2, -0.15) is 0 Å². The fourth-order valence-electron chi connectivity index (χ4n) is 2.36. The summed E-state index contributed by atoms with van der Waals surface area (Å²) in [6, 6.07) is 5.60. The summed E-state index contributed by atoms with van der Waals surface area (Å²) >= 11 is 0. The largest absolute Gasteiger partial charge is 0.399 e. The summed E-state index contributed by atoms with van der Waals surface area (Å²) < 4.78 is 0. The Kier molecular flexibility index (Phi) is 3.52. The van der Waals surface area contributed by atoms with Crippen molar-refractivity contribution in [3.63, 3.8) is 0 Å². The maximum atomic E-state index is 11.3. The Labute approximate surface area is 101 Å². The van der Waals surface area contributed by atoms with E-state index in [1.54, 1.807) is 18.2 Å². The summed E-state index contributed by atoms with van der Waals surface area (Å²) in [7, 11) is 0. The molecule has 0 bridgehead atoms. The number of anilines is 2. The van der Waals surface area contributed by atoms with Gasteiger partial charge in [0.05, 0.1) is 5.56 Å². The molecule has 92 valence electrons. The van der Waals surface area contributed by atoms with E-state index in [-0.39, 0.29) is 0 Å². The predicted octanol–water partition coefficient (Wildman–Crippen LogP) is 2.11. The number of hydrogen-bond donors (Lipinski definition) is 3. The second-order valence-electron chi connectivity index (χ2n) is 4.65. The first-order valence-corrected chi connectivity index (χ1v) is 6.12. The van der Waals surface area contributed by atoms with E-state index in [1.807, 2.05) is 0 Å². The van der Waals surface area contributed by atoms with Crippen molar-refractivity contribution in [2.75, 3.05) is 11.1 Å². The van der Waals surface area contributed by atoms with E-state index in [4.69, 9.17) is 11.5 Å². The zero-order valence-electron chi connectivity index (χ0n) is 9.91. The van der Waals surface area contributed by atoms with Gasteiger partial charge in [0, 0.05) is 17.4 Å². The molecule has 1 saturated carbocycles. The number of nitrogens with two attached hydrogens (primary N) is 2. The smallest absolute Gasteiger partial charge is 0.250 e. The lowest BCUT2D eigenvalue weighted by molar-refractivity contribution is 0.100. The van der Waals surface area contributed by atoms with Crippen LogP contribution in [0.25, 0.3) is 0 Å². The van der Waals surface area contributed by atoms with Crippen LogP contribution in [0.15, 0.2) is 18.2 Å². The lowest BCUT2D eigenvalue weighted by atomic mass is 9.95. The van der Waals surface area contributed by atoms with Gasteiger partial charge >= 0.3 is 0 Å². The van der Waals surface area contributed by atoms with Gasteiger partial charge < -0.3 is 16.8 Å². The molecule has 4 nitrogen and oxygen atoms in total. The number of benzene rings is 1. The summed E-state index contributed by atoms with van der Waals surface area (Å²) in [6.07, 6.45) is 6.08. The van der Waals surface area contributed by atoms with E-state index in [0.29, 0.717) is 17.3 Å². The SMILES string of the molecule is NC(=O)c1ccc(N)cc1NC1CCCCC1. The number of primary amides is 1. The molecule has 1 aromatic rings. The van der Waals surface area contributed by atoms with Crippen LogP contribution in [0.4, 0.5) is 11.4 Å². The van der Waals surface area contributed by atoms with Crippen LogP contribution < -0.4 is 16.8 Å². The molecule has 0 aromatic heterocycles. The Morgan fingerprint density at radius 2 is 1.94 bits per heavy atom. The van der Waals surface area contributed by atoms with Crippen molar-refractivity contribution in [2.24, 2.45) is 5.73 Å². The minimum Gasteiger partial charge on any atom is -0.399 e. The van der Waals surface area contributed by atoms with E-state index >= 15 is 0 Å². The minimum absolute atomic E-state index is 0.414. The quantitative estimate of drug-likeness (QED) is 0.699. The van der Waals surface area contributed by atoms with Gasteiger partial charge in [-0.25, -0.2) is 0 Å². The molecule has 0 atom stereocenters. The summed E-state index contributed by atoms with van der Waals surface area (Å²) in [5.74, 6) is -0.414. The Morgan fingerprint density at radius 1 is 1.24 bits per heavy atom. The van der Waals surface area contributed by atoms with Gasteiger partial charge in [-0.05, 0) is 31.0 Å². The number of hydrogen-bond acceptors (Lipinski definition) is 3. The molecule has 1 fully saturated rings. The van der Waals surface area contributed by atoms with Crippen LogP contribution in [0, 0.1) is 0 Å². The maximum absolute atomic E-state index is 11.3. The third-order valence-electron chi connectivity index (χ3n) is 3.27. The standard InChI is InChI=1S/C13H19N3O/c14-9-6-7-11(13(15)17)12(8-9)16-10-4-2-1-3-5-10/h6-8,10,16H,1-5,14H2,(H2,15,17). The summed E-state index contributed by atoms with van der Waals surface area (Å²) in [5, 5.41) is 3.39. The number of rotatable bonds is 3. The minimum atomic E-state index is -0.414. The molecule has 4 heteroatoms. The highest BCUT2D eigenvalue weighted by atomic mass is 16.1. The van der Waals surface area contributed by atoms with Crippen molar-refractivity contribution < 1.29 is 4.79 Å². The topological polar surface area (TPSA) is 81.1 Å². The predicted molar refractivity (Wildman–Crippen MR) is 69.9 cm³/mol. The first-order chi connectivity index (χ1) is 8.16. The Hall–Kier alpha value is -1.71. The van der Waals surface area contributed by atoms with Gasteiger partial charge in [0.25, 0.3) is 5.91 Å². The van der Waals surface area contributed by atoms with Gasteiger partial charge in [-0.1, -0.05) is 19.3 Å². The average Bonchev–Trinajstić information content (AvgIpc) is 2.30. The number of amides is 1. The molecule has 0 unspecified atom stereocenters.